The van der Waals surface area contributed by atoms with Gasteiger partial charge < -0.3 is 0 Å². The van der Waals surface area contributed by atoms with E-state index in [0.717, 1.165) is 5.39 Å². The first kappa shape index (κ1) is 10.7. The van der Waals surface area contributed by atoms with Crippen molar-refractivity contribution in [3.8, 4) is 0 Å². The van der Waals surface area contributed by atoms with Gasteiger partial charge in [-0.2, -0.15) is 0 Å². The summed E-state index contributed by atoms with van der Waals surface area (Å²) in [7, 11) is 0. The van der Waals surface area contributed by atoms with Crippen molar-refractivity contribution in [1.82, 2.24) is 0 Å². The number of benzene rings is 1. The second-order valence-corrected chi connectivity index (χ2v) is 19.1. The molecule has 0 fully saturated rings. The molecule has 78 valence electrons. The summed E-state index contributed by atoms with van der Waals surface area (Å²) >= 11 is -2.23. The third kappa shape index (κ3) is 2.09. The van der Waals surface area contributed by atoms with Crippen molar-refractivity contribution < 1.29 is 4.42 Å². The molecular formula is C12H14O2Sn. The fourth-order valence-electron chi connectivity index (χ4n) is 1.73. The molecular weight excluding hydrogens is 295 g/mol. The molecule has 0 amide bonds. The summed E-state index contributed by atoms with van der Waals surface area (Å²) in [5, 5.41) is 1.11. The molecule has 2 aromatic rings. The van der Waals surface area contributed by atoms with Gasteiger partial charge in [0.25, 0.3) is 0 Å². The summed E-state index contributed by atoms with van der Waals surface area (Å²) in [4.78, 5) is 18.3. The minimum absolute atomic E-state index is 0.227. The molecule has 0 saturated carbocycles. The average Bonchev–Trinajstić information content (AvgIpc) is 2.15. The van der Waals surface area contributed by atoms with Gasteiger partial charge in [0.15, 0.2) is 0 Å². The molecule has 0 bridgehead atoms. The van der Waals surface area contributed by atoms with Gasteiger partial charge in [-0.3, -0.25) is 0 Å². The second-order valence-electron chi connectivity index (χ2n) is 4.73. The van der Waals surface area contributed by atoms with E-state index in [-0.39, 0.29) is 5.63 Å². The molecule has 15 heavy (non-hydrogen) atoms. The van der Waals surface area contributed by atoms with Crippen LogP contribution in [0.3, 0.4) is 0 Å². The van der Waals surface area contributed by atoms with Crippen LogP contribution < -0.4 is 9.20 Å². The summed E-state index contributed by atoms with van der Waals surface area (Å²) in [5.41, 5.74) is 0.488. The molecule has 0 aliphatic carbocycles. The van der Waals surface area contributed by atoms with Crippen LogP contribution in [0.15, 0.2) is 39.5 Å². The maximum atomic E-state index is 11.4. The molecule has 0 aliphatic rings. The Labute approximate surface area is 92.8 Å². The van der Waals surface area contributed by atoms with Crippen LogP contribution in [-0.2, 0) is 0 Å². The van der Waals surface area contributed by atoms with Crippen molar-refractivity contribution in [2.45, 2.75) is 14.8 Å². The molecule has 1 aromatic carbocycles. The molecule has 3 heteroatoms. The fourth-order valence-corrected chi connectivity index (χ4v) is 6.20. The molecule has 0 aliphatic heterocycles. The van der Waals surface area contributed by atoms with Gasteiger partial charge in [-0.25, -0.2) is 0 Å². The van der Waals surface area contributed by atoms with E-state index >= 15 is 0 Å². The van der Waals surface area contributed by atoms with Gasteiger partial charge in [-0.05, 0) is 0 Å². The molecule has 1 aromatic heterocycles. The van der Waals surface area contributed by atoms with Crippen molar-refractivity contribution in [2.24, 2.45) is 0 Å². The first-order valence-corrected chi connectivity index (χ1v) is 15.0. The van der Waals surface area contributed by atoms with E-state index in [2.05, 4.69) is 14.8 Å². The molecule has 0 spiro atoms. The van der Waals surface area contributed by atoms with Crippen LogP contribution >= 0.6 is 0 Å². The minimum atomic E-state index is -2.23. The first-order valence-electron chi connectivity index (χ1n) is 5.02. The number of hydrogen-bond donors (Lipinski definition) is 0. The predicted molar refractivity (Wildman–Crippen MR) is 65.5 cm³/mol. The molecule has 0 radical (unpaired) electrons. The number of para-hydroxylation sites is 1. The van der Waals surface area contributed by atoms with Crippen LogP contribution in [-0.4, -0.2) is 18.4 Å². The van der Waals surface area contributed by atoms with Gasteiger partial charge in [-0.15, -0.1) is 0 Å². The zero-order chi connectivity index (χ0) is 11.1. The van der Waals surface area contributed by atoms with Crippen molar-refractivity contribution >= 4 is 32.9 Å². The topological polar surface area (TPSA) is 30.2 Å². The van der Waals surface area contributed by atoms with Crippen LogP contribution in [0.5, 0.6) is 0 Å². The van der Waals surface area contributed by atoms with E-state index in [1.807, 2.05) is 24.3 Å². The van der Waals surface area contributed by atoms with Gasteiger partial charge in [0.05, 0.1) is 0 Å². The van der Waals surface area contributed by atoms with Gasteiger partial charge in [0, 0.05) is 0 Å². The second kappa shape index (κ2) is 3.67. The predicted octanol–water partition coefficient (Wildman–Crippen LogP) is 2.34. The fraction of sp³-hybridized carbons (Fsp3) is 0.250. The van der Waals surface area contributed by atoms with Gasteiger partial charge in [0.1, 0.15) is 0 Å². The van der Waals surface area contributed by atoms with Crippen LogP contribution in [0, 0.1) is 0 Å². The third-order valence-corrected chi connectivity index (χ3v) is 8.25. The molecule has 2 rings (SSSR count). The zero-order valence-electron chi connectivity index (χ0n) is 9.20. The number of hydrogen-bond acceptors (Lipinski definition) is 2. The van der Waals surface area contributed by atoms with Crippen LogP contribution in [0.1, 0.15) is 0 Å². The Bertz CT molecular complexity index is 549. The molecule has 0 N–H and O–H groups in total. The monoisotopic (exact) mass is 310 g/mol. The standard InChI is InChI=1S/C9H5O2.3CH3.Sn/c10-9-6-5-7-3-1-2-4-8(7)11-9;;;;/h1-4,6H;3*1H3;. The normalized spacial score (nSPS) is 11.9. The van der Waals surface area contributed by atoms with Crippen molar-refractivity contribution in [1.29, 1.82) is 0 Å². The Morgan fingerprint density at radius 3 is 2.47 bits per heavy atom. The first-order chi connectivity index (χ1) is 6.98. The summed E-state index contributed by atoms with van der Waals surface area (Å²) in [5.74, 6) is 0. The quantitative estimate of drug-likeness (QED) is 0.598. The average molecular weight is 309 g/mol. The van der Waals surface area contributed by atoms with Gasteiger partial charge in [0.2, 0.25) is 0 Å². The summed E-state index contributed by atoms with van der Waals surface area (Å²) in [6, 6.07) is 9.46. The van der Waals surface area contributed by atoms with Crippen LogP contribution in [0.25, 0.3) is 11.0 Å². The van der Waals surface area contributed by atoms with Crippen molar-refractivity contribution in [3.63, 3.8) is 0 Å². The van der Waals surface area contributed by atoms with Gasteiger partial charge in [-0.1, -0.05) is 0 Å². The van der Waals surface area contributed by atoms with E-state index in [9.17, 15) is 4.79 Å². The van der Waals surface area contributed by atoms with E-state index in [1.54, 1.807) is 6.07 Å². The zero-order valence-corrected chi connectivity index (χ0v) is 12.1. The molecule has 0 saturated heterocycles. The Morgan fingerprint density at radius 2 is 1.80 bits per heavy atom. The summed E-state index contributed by atoms with van der Waals surface area (Å²) < 4.78 is 6.42. The van der Waals surface area contributed by atoms with Crippen molar-refractivity contribution in [2.75, 3.05) is 0 Å². The summed E-state index contributed by atoms with van der Waals surface area (Å²) in [6.07, 6.45) is 0. The maximum absolute atomic E-state index is 11.4. The Morgan fingerprint density at radius 1 is 1.13 bits per heavy atom. The van der Waals surface area contributed by atoms with E-state index < -0.39 is 18.4 Å². The molecule has 1 heterocycles. The molecule has 2 nitrogen and oxygen atoms in total. The third-order valence-electron chi connectivity index (χ3n) is 2.46. The molecule has 0 atom stereocenters. The van der Waals surface area contributed by atoms with E-state index in [4.69, 9.17) is 4.42 Å². The van der Waals surface area contributed by atoms with Crippen molar-refractivity contribution in [3.05, 3.63) is 40.8 Å². The Kier molecular flexibility index (Phi) is 2.62. The van der Waals surface area contributed by atoms with Crippen LogP contribution in [0.2, 0.25) is 14.8 Å². The molecule has 0 unspecified atom stereocenters. The van der Waals surface area contributed by atoms with Crippen LogP contribution in [0.4, 0.5) is 0 Å². The summed E-state index contributed by atoms with van der Waals surface area (Å²) in [6.45, 7) is 0. The van der Waals surface area contributed by atoms with E-state index in [0.29, 0.717) is 5.58 Å². The SMILES string of the molecule is [CH3][Sn]([CH3])([CH3])[c]1cc(=O)oc2ccccc12. The number of rotatable bonds is 1. The van der Waals surface area contributed by atoms with Gasteiger partial charge >= 0.3 is 92.9 Å². The number of fused-ring (bicyclic) bond motifs is 1. The Balaban J connectivity index is 2.89. The Hall–Kier alpha value is -0.771. The van der Waals surface area contributed by atoms with E-state index in [1.165, 1.54) is 3.58 Å².